The Balaban J connectivity index is 1.99. The molecule has 3 rings (SSSR count). The topological polar surface area (TPSA) is 38.3 Å². The maximum absolute atomic E-state index is 12.2. The largest absolute Gasteiger partial charge is 0.492 e. The predicted octanol–water partition coefficient (Wildman–Crippen LogP) is 1.23. The van der Waals surface area contributed by atoms with Gasteiger partial charge in [-0.05, 0) is 13.0 Å². The van der Waals surface area contributed by atoms with Crippen LogP contribution in [0, 0.1) is 0 Å². The second-order valence-electron chi connectivity index (χ2n) is 4.41. The third kappa shape index (κ3) is 1.48. The van der Waals surface area contributed by atoms with Crippen molar-refractivity contribution in [3.05, 3.63) is 29.8 Å². The van der Waals surface area contributed by atoms with E-state index in [1.54, 1.807) is 0 Å². The number of ether oxygens (including phenoxy) is 1. The molecule has 0 spiro atoms. The molecule has 4 heteroatoms. The maximum Gasteiger partial charge on any atom is 0.124 e. The summed E-state index contributed by atoms with van der Waals surface area (Å²) in [6, 6.07) is 8.22. The summed E-state index contributed by atoms with van der Waals surface area (Å²) in [6.45, 7) is 3.41. The van der Waals surface area contributed by atoms with Gasteiger partial charge in [-0.15, -0.1) is 0 Å². The molecule has 0 aromatic heterocycles. The number of nitrogens with one attached hydrogen (secondary N) is 1. The van der Waals surface area contributed by atoms with Crippen LogP contribution in [0.5, 0.6) is 5.75 Å². The lowest BCUT2D eigenvalue weighted by Crippen LogP contribution is -2.51. The second-order valence-corrected chi connectivity index (χ2v) is 6.48. The Morgan fingerprint density at radius 2 is 2.25 bits per heavy atom. The first-order chi connectivity index (χ1) is 7.77. The first kappa shape index (κ1) is 10.3. The van der Waals surface area contributed by atoms with Gasteiger partial charge in [-0.3, -0.25) is 4.21 Å². The van der Waals surface area contributed by atoms with E-state index in [0.29, 0.717) is 6.61 Å². The highest BCUT2D eigenvalue weighted by atomic mass is 32.2. The van der Waals surface area contributed by atoms with Crippen LogP contribution in [-0.2, 0) is 10.8 Å². The molecule has 4 unspecified atom stereocenters. The molecular formula is C12H15NO2S. The van der Waals surface area contributed by atoms with Crippen molar-refractivity contribution in [2.75, 3.05) is 13.2 Å². The van der Waals surface area contributed by atoms with Gasteiger partial charge in [-0.25, -0.2) is 0 Å². The molecular weight excluding hydrogens is 222 g/mol. The summed E-state index contributed by atoms with van der Waals surface area (Å²) in [5.41, 5.74) is 1.15. The Labute approximate surface area is 97.6 Å². The van der Waals surface area contributed by atoms with Crippen LogP contribution in [-0.4, -0.2) is 27.9 Å². The molecule has 16 heavy (non-hydrogen) atoms. The van der Waals surface area contributed by atoms with Gasteiger partial charge >= 0.3 is 0 Å². The van der Waals surface area contributed by atoms with E-state index in [2.05, 4.69) is 11.4 Å². The van der Waals surface area contributed by atoms with Crippen molar-refractivity contribution in [3.8, 4) is 5.75 Å². The average molecular weight is 237 g/mol. The Hall–Kier alpha value is -0.870. The van der Waals surface area contributed by atoms with Crippen molar-refractivity contribution < 1.29 is 8.95 Å². The van der Waals surface area contributed by atoms with Crippen molar-refractivity contribution in [2.45, 2.75) is 23.5 Å². The van der Waals surface area contributed by atoms with Crippen LogP contribution >= 0.6 is 0 Å². The summed E-state index contributed by atoms with van der Waals surface area (Å²) in [4.78, 5) is 0. The lowest BCUT2D eigenvalue weighted by Gasteiger charge is -2.39. The summed E-state index contributed by atoms with van der Waals surface area (Å²) in [6.07, 6.45) is 0. The van der Waals surface area contributed by atoms with Gasteiger partial charge in [0.25, 0.3) is 0 Å². The zero-order valence-electron chi connectivity index (χ0n) is 9.18. The molecule has 2 heterocycles. The third-order valence-corrected chi connectivity index (χ3v) is 5.31. The van der Waals surface area contributed by atoms with Gasteiger partial charge in [0.1, 0.15) is 12.4 Å². The van der Waals surface area contributed by atoms with E-state index in [0.717, 1.165) is 17.9 Å². The lowest BCUT2D eigenvalue weighted by molar-refractivity contribution is 0.252. The van der Waals surface area contributed by atoms with Gasteiger partial charge in [0.2, 0.25) is 0 Å². The third-order valence-electron chi connectivity index (χ3n) is 3.35. The fraction of sp³-hybridized carbons (Fsp3) is 0.500. The highest BCUT2D eigenvalue weighted by Crippen LogP contribution is 2.36. The van der Waals surface area contributed by atoms with Crippen molar-refractivity contribution in [2.24, 2.45) is 0 Å². The summed E-state index contributed by atoms with van der Waals surface area (Å²) in [5.74, 6) is 0.933. The molecule has 0 saturated carbocycles. The van der Waals surface area contributed by atoms with Crippen molar-refractivity contribution in [1.29, 1.82) is 0 Å². The SMILES string of the molecule is CC1CNC2c3ccccc3OCC2S1=O. The summed E-state index contributed by atoms with van der Waals surface area (Å²) in [7, 11) is -0.796. The highest BCUT2D eigenvalue weighted by molar-refractivity contribution is 7.86. The minimum atomic E-state index is -0.796. The molecule has 0 aliphatic carbocycles. The minimum Gasteiger partial charge on any atom is -0.492 e. The maximum atomic E-state index is 12.2. The smallest absolute Gasteiger partial charge is 0.124 e. The molecule has 1 aromatic carbocycles. The molecule has 1 aromatic rings. The highest BCUT2D eigenvalue weighted by Gasteiger charge is 2.39. The number of para-hydroxylation sites is 1. The molecule has 4 atom stereocenters. The Morgan fingerprint density at radius 3 is 3.12 bits per heavy atom. The van der Waals surface area contributed by atoms with Crippen LogP contribution in [0.1, 0.15) is 18.5 Å². The molecule has 0 amide bonds. The molecule has 3 nitrogen and oxygen atoms in total. The number of benzene rings is 1. The standard InChI is InChI=1S/C12H15NO2S/c1-8-6-13-12-9-4-2-3-5-10(9)15-7-11(12)16(8)14/h2-5,8,11-13H,6-7H2,1H3. The zero-order valence-corrected chi connectivity index (χ0v) is 10.00. The number of fused-ring (bicyclic) bond motifs is 3. The molecule has 1 saturated heterocycles. The Morgan fingerprint density at radius 1 is 1.44 bits per heavy atom. The van der Waals surface area contributed by atoms with Crippen molar-refractivity contribution >= 4 is 10.8 Å². The number of hydrogen-bond donors (Lipinski definition) is 1. The number of rotatable bonds is 0. The van der Waals surface area contributed by atoms with Gasteiger partial charge in [-0.2, -0.15) is 0 Å². The number of hydrogen-bond acceptors (Lipinski definition) is 3. The quantitative estimate of drug-likeness (QED) is 0.737. The van der Waals surface area contributed by atoms with Gasteiger partial charge in [-0.1, -0.05) is 18.2 Å². The van der Waals surface area contributed by atoms with Crippen LogP contribution < -0.4 is 10.1 Å². The summed E-state index contributed by atoms with van der Waals surface area (Å²) >= 11 is 0. The fourth-order valence-corrected chi connectivity index (χ4v) is 4.02. The molecule has 0 bridgehead atoms. The summed E-state index contributed by atoms with van der Waals surface area (Å²) in [5, 5.41) is 3.80. The van der Waals surface area contributed by atoms with E-state index < -0.39 is 10.8 Å². The van der Waals surface area contributed by atoms with Crippen molar-refractivity contribution in [3.63, 3.8) is 0 Å². The predicted molar refractivity (Wildman–Crippen MR) is 64.1 cm³/mol. The van der Waals surface area contributed by atoms with E-state index >= 15 is 0 Å². The van der Waals surface area contributed by atoms with E-state index in [-0.39, 0.29) is 16.5 Å². The second kappa shape index (κ2) is 3.86. The normalized spacial score (nSPS) is 37.1. The molecule has 2 aliphatic heterocycles. The zero-order chi connectivity index (χ0) is 11.1. The molecule has 1 N–H and O–H groups in total. The molecule has 1 fully saturated rings. The minimum absolute atomic E-state index is 0.0960. The van der Waals surface area contributed by atoms with Crippen LogP contribution in [0.15, 0.2) is 24.3 Å². The van der Waals surface area contributed by atoms with E-state index in [1.807, 2.05) is 25.1 Å². The monoisotopic (exact) mass is 237 g/mol. The van der Waals surface area contributed by atoms with Gasteiger partial charge in [0, 0.05) is 28.2 Å². The van der Waals surface area contributed by atoms with E-state index in [1.165, 1.54) is 0 Å². The fourth-order valence-electron chi connectivity index (χ4n) is 2.45. The average Bonchev–Trinajstić information content (AvgIpc) is 2.33. The van der Waals surface area contributed by atoms with Crippen LogP contribution in [0.3, 0.4) is 0 Å². The van der Waals surface area contributed by atoms with Crippen LogP contribution in [0.2, 0.25) is 0 Å². The first-order valence-corrected chi connectivity index (χ1v) is 6.89. The Kier molecular flexibility index (Phi) is 2.48. The van der Waals surface area contributed by atoms with Crippen molar-refractivity contribution in [1.82, 2.24) is 5.32 Å². The van der Waals surface area contributed by atoms with Gasteiger partial charge < -0.3 is 10.1 Å². The molecule has 0 radical (unpaired) electrons. The summed E-state index contributed by atoms with van der Waals surface area (Å²) < 4.78 is 17.8. The van der Waals surface area contributed by atoms with E-state index in [9.17, 15) is 4.21 Å². The molecule has 86 valence electrons. The van der Waals surface area contributed by atoms with Crippen LogP contribution in [0.25, 0.3) is 0 Å². The Bertz CT molecular complexity index is 435. The van der Waals surface area contributed by atoms with E-state index in [4.69, 9.17) is 4.74 Å². The lowest BCUT2D eigenvalue weighted by atomic mass is 10.00. The van der Waals surface area contributed by atoms with Crippen LogP contribution in [0.4, 0.5) is 0 Å². The van der Waals surface area contributed by atoms with Gasteiger partial charge in [0.15, 0.2) is 0 Å². The molecule has 2 aliphatic rings. The van der Waals surface area contributed by atoms with Gasteiger partial charge in [0.05, 0.1) is 11.3 Å². The first-order valence-electron chi connectivity index (χ1n) is 5.62.